The topological polar surface area (TPSA) is 113 Å². The van der Waals surface area contributed by atoms with Crippen molar-refractivity contribution in [3.63, 3.8) is 0 Å². The molecule has 0 aliphatic rings. The fourth-order valence-electron chi connectivity index (χ4n) is 2.64. The van der Waals surface area contributed by atoms with Crippen molar-refractivity contribution in [1.82, 2.24) is 0 Å². The van der Waals surface area contributed by atoms with E-state index < -0.39 is 46.2 Å². The lowest BCUT2D eigenvalue weighted by Gasteiger charge is -2.13. The Balaban J connectivity index is 1.91. The number of carbonyl (C=O) groups is 3. The number of aromatic carboxylic acids is 2. The van der Waals surface area contributed by atoms with E-state index in [1.54, 1.807) is 6.07 Å². The Labute approximate surface area is 168 Å². The Kier molecular flexibility index (Phi) is 5.73. The molecule has 0 aliphatic heterocycles. The van der Waals surface area contributed by atoms with E-state index in [1.165, 1.54) is 24.3 Å². The second-order valence-electron chi connectivity index (χ2n) is 5.97. The number of hydrogen-bond donors (Lipinski definition) is 3. The van der Waals surface area contributed by atoms with Gasteiger partial charge in [0.15, 0.2) is 5.75 Å². The van der Waals surface area contributed by atoms with Crippen LogP contribution < -0.4 is 10.1 Å². The number of carboxylic acids is 2. The first-order chi connectivity index (χ1) is 14.3. The third-order valence-corrected chi connectivity index (χ3v) is 4.00. The van der Waals surface area contributed by atoms with E-state index in [1.807, 2.05) is 0 Å². The summed E-state index contributed by atoms with van der Waals surface area (Å²) in [4.78, 5) is 34.8. The maximum absolute atomic E-state index is 13.8. The Morgan fingerprint density at radius 3 is 2.07 bits per heavy atom. The van der Waals surface area contributed by atoms with Gasteiger partial charge in [0, 0.05) is 0 Å². The van der Waals surface area contributed by atoms with Crippen molar-refractivity contribution in [2.75, 3.05) is 5.32 Å². The van der Waals surface area contributed by atoms with Crippen molar-refractivity contribution >= 4 is 23.5 Å². The fraction of sp³-hybridized carbons (Fsp3) is 0. The molecule has 0 saturated heterocycles. The SMILES string of the molecule is O=C(O)c1ccc(Oc2ccccc2NC(=O)c2c(F)cccc2F)cc1C(=O)O. The highest BCUT2D eigenvalue weighted by atomic mass is 19.1. The summed E-state index contributed by atoms with van der Waals surface area (Å²) in [5.74, 6) is -5.98. The molecule has 7 nitrogen and oxygen atoms in total. The van der Waals surface area contributed by atoms with E-state index in [0.717, 1.165) is 30.3 Å². The van der Waals surface area contributed by atoms with Crippen LogP contribution in [0.3, 0.4) is 0 Å². The summed E-state index contributed by atoms with van der Waals surface area (Å²) in [6, 6.07) is 12.3. The monoisotopic (exact) mass is 413 g/mol. The first-order valence-electron chi connectivity index (χ1n) is 8.41. The van der Waals surface area contributed by atoms with E-state index in [9.17, 15) is 28.3 Å². The fourth-order valence-corrected chi connectivity index (χ4v) is 2.64. The molecule has 0 saturated carbocycles. The molecule has 3 aromatic rings. The van der Waals surface area contributed by atoms with Crippen molar-refractivity contribution in [2.24, 2.45) is 0 Å². The van der Waals surface area contributed by atoms with E-state index in [-0.39, 0.29) is 17.2 Å². The summed E-state index contributed by atoms with van der Waals surface area (Å²) >= 11 is 0. The molecule has 3 rings (SSSR count). The lowest BCUT2D eigenvalue weighted by atomic mass is 10.1. The Bertz CT molecular complexity index is 1140. The van der Waals surface area contributed by atoms with Gasteiger partial charge in [0.1, 0.15) is 22.9 Å². The molecule has 0 aliphatic carbocycles. The van der Waals surface area contributed by atoms with Crippen LogP contribution in [0.5, 0.6) is 11.5 Å². The third kappa shape index (κ3) is 4.25. The summed E-state index contributed by atoms with van der Waals surface area (Å²) < 4.78 is 33.3. The first kappa shape index (κ1) is 20.5. The van der Waals surface area contributed by atoms with Crippen molar-refractivity contribution in [3.05, 3.63) is 89.0 Å². The largest absolute Gasteiger partial charge is 0.478 e. The molecule has 9 heteroatoms. The minimum Gasteiger partial charge on any atom is -0.478 e. The molecule has 0 heterocycles. The summed E-state index contributed by atoms with van der Waals surface area (Å²) in [6.45, 7) is 0. The van der Waals surface area contributed by atoms with Crippen LogP contribution in [0.15, 0.2) is 60.7 Å². The molecule has 3 N–H and O–H groups in total. The summed E-state index contributed by atoms with van der Waals surface area (Å²) in [7, 11) is 0. The lowest BCUT2D eigenvalue weighted by Crippen LogP contribution is -2.16. The van der Waals surface area contributed by atoms with Gasteiger partial charge in [-0.1, -0.05) is 18.2 Å². The van der Waals surface area contributed by atoms with Crippen LogP contribution in [0.4, 0.5) is 14.5 Å². The van der Waals surface area contributed by atoms with E-state index in [2.05, 4.69) is 5.32 Å². The van der Waals surface area contributed by atoms with E-state index in [4.69, 9.17) is 9.84 Å². The highest BCUT2D eigenvalue weighted by Crippen LogP contribution is 2.31. The number of hydrogen-bond acceptors (Lipinski definition) is 4. The first-order valence-corrected chi connectivity index (χ1v) is 8.41. The van der Waals surface area contributed by atoms with Gasteiger partial charge in [-0.05, 0) is 42.5 Å². The molecule has 152 valence electrons. The maximum atomic E-state index is 13.8. The quantitative estimate of drug-likeness (QED) is 0.552. The molecule has 0 radical (unpaired) electrons. The van der Waals surface area contributed by atoms with Crippen LogP contribution in [-0.2, 0) is 0 Å². The number of anilines is 1. The standard InChI is InChI=1S/C21H13F2NO6/c22-14-4-3-5-15(23)18(14)19(25)24-16-6-1-2-7-17(16)30-11-8-9-12(20(26)27)13(10-11)21(28)29/h1-10H,(H,24,25)(H,26,27)(H,28,29). The molecular weight excluding hydrogens is 400 g/mol. The molecule has 30 heavy (non-hydrogen) atoms. The minimum atomic E-state index is -1.46. The normalized spacial score (nSPS) is 10.3. The molecule has 0 unspecified atom stereocenters. The summed E-state index contributed by atoms with van der Waals surface area (Å²) in [5, 5.41) is 20.6. The summed E-state index contributed by atoms with van der Waals surface area (Å²) in [5.41, 5.74) is -1.63. The predicted octanol–water partition coefficient (Wildman–Crippen LogP) is 4.41. The van der Waals surface area contributed by atoms with Gasteiger partial charge >= 0.3 is 11.9 Å². The van der Waals surface area contributed by atoms with Crippen LogP contribution in [0, 0.1) is 11.6 Å². The zero-order valence-corrected chi connectivity index (χ0v) is 15.1. The van der Waals surface area contributed by atoms with Crippen molar-refractivity contribution in [1.29, 1.82) is 0 Å². The lowest BCUT2D eigenvalue weighted by molar-refractivity contribution is 0.0651. The number of benzene rings is 3. The highest BCUT2D eigenvalue weighted by Gasteiger charge is 2.20. The van der Waals surface area contributed by atoms with Crippen LogP contribution >= 0.6 is 0 Å². The average Bonchev–Trinajstić information content (AvgIpc) is 2.69. The van der Waals surface area contributed by atoms with Gasteiger partial charge in [-0.3, -0.25) is 4.79 Å². The molecule has 0 atom stereocenters. The van der Waals surface area contributed by atoms with Gasteiger partial charge in [-0.2, -0.15) is 0 Å². The number of carbonyl (C=O) groups excluding carboxylic acids is 1. The number of ether oxygens (including phenoxy) is 1. The van der Waals surface area contributed by atoms with Gasteiger partial charge in [-0.25, -0.2) is 18.4 Å². The van der Waals surface area contributed by atoms with Crippen molar-refractivity contribution in [2.45, 2.75) is 0 Å². The van der Waals surface area contributed by atoms with Crippen LogP contribution in [0.1, 0.15) is 31.1 Å². The molecule has 0 fully saturated rings. The van der Waals surface area contributed by atoms with Gasteiger partial charge in [0.25, 0.3) is 5.91 Å². The second kappa shape index (κ2) is 8.39. The van der Waals surface area contributed by atoms with Gasteiger partial charge < -0.3 is 20.3 Å². The number of amides is 1. The van der Waals surface area contributed by atoms with Crippen molar-refractivity contribution < 1.29 is 38.1 Å². The molecule has 1 amide bonds. The molecule has 0 aromatic heterocycles. The number of carboxylic acid groups (broad SMARTS) is 2. The number of nitrogens with one attached hydrogen (secondary N) is 1. The smallest absolute Gasteiger partial charge is 0.336 e. The maximum Gasteiger partial charge on any atom is 0.336 e. The second-order valence-corrected chi connectivity index (χ2v) is 5.97. The zero-order valence-electron chi connectivity index (χ0n) is 15.1. The minimum absolute atomic E-state index is 0.0174. The highest BCUT2D eigenvalue weighted by molar-refractivity contribution is 6.05. The number of rotatable bonds is 6. The summed E-state index contributed by atoms with van der Waals surface area (Å²) in [6.07, 6.45) is 0. The zero-order chi connectivity index (χ0) is 21.8. The van der Waals surface area contributed by atoms with Crippen LogP contribution in [-0.4, -0.2) is 28.1 Å². The molecule has 3 aromatic carbocycles. The van der Waals surface area contributed by atoms with Gasteiger partial charge in [0.2, 0.25) is 0 Å². The number of para-hydroxylation sites is 2. The average molecular weight is 413 g/mol. The Morgan fingerprint density at radius 2 is 1.43 bits per heavy atom. The molecular formula is C21H13F2NO6. The Hall–Kier alpha value is -4.27. The Morgan fingerprint density at radius 1 is 0.800 bits per heavy atom. The van der Waals surface area contributed by atoms with Crippen molar-refractivity contribution in [3.8, 4) is 11.5 Å². The molecule has 0 spiro atoms. The van der Waals surface area contributed by atoms with E-state index >= 15 is 0 Å². The van der Waals surface area contributed by atoms with E-state index in [0.29, 0.717) is 0 Å². The van der Waals surface area contributed by atoms with Gasteiger partial charge in [0.05, 0.1) is 16.8 Å². The van der Waals surface area contributed by atoms with Crippen LogP contribution in [0.2, 0.25) is 0 Å². The number of halogens is 2. The van der Waals surface area contributed by atoms with Gasteiger partial charge in [-0.15, -0.1) is 0 Å². The third-order valence-electron chi connectivity index (χ3n) is 4.00. The van der Waals surface area contributed by atoms with Crippen LogP contribution in [0.25, 0.3) is 0 Å². The molecule has 0 bridgehead atoms. The predicted molar refractivity (Wildman–Crippen MR) is 101 cm³/mol.